The molecular weight excluding hydrogens is 240 g/mol. The Morgan fingerprint density at radius 1 is 1.06 bits per heavy atom. The predicted octanol–water partition coefficient (Wildman–Crippen LogP) is 1.21. The van der Waals surface area contributed by atoms with Gasteiger partial charge in [-0.25, -0.2) is 0 Å². The van der Waals surface area contributed by atoms with Crippen LogP contribution in [-0.4, -0.2) is 36.7 Å². The van der Waals surface area contributed by atoms with Crippen molar-refractivity contribution in [2.45, 2.75) is 52.7 Å². The van der Waals surface area contributed by atoms with Crippen LogP contribution in [0.3, 0.4) is 0 Å². The molecule has 104 valence electrons. The molecule has 18 heavy (non-hydrogen) atoms. The van der Waals surface area contributed by atoms with Crippen LogP contribution in [0.5, 0.6) is 0 Å². The van der Waals surface area contributed by atoms with E-state index in [9.17, 15) is 14.4 Å². The quantitative estimate of drug-likeness (QED) is 0.389. The van der Waals surface area contributed by atoms with Crippen LogP contribution in [0.2, 0.25) is 0 Å². The Morgan fingerprint density at radius 2 is 1.67 bits per heavy atom. The molecule has 0 saturated heterocycles. The standard InChI is InChI=1S/C12H20O6/c1-5-10(8(3)17-9(4)13)18-12(15)7-11(14)16-6-2/h8,10H,5-7H2,1-4H3. The number of esters is 3. The average Bonchev–Trinajstić information content (AvgIpc) is 2.24. The number of carbonyl (C=O) groups excluding carboxylic acids is 3. The van der Waals surface area contributed by atoms with Gasteiger partial charge < -0.3 is 14.2 Å². The van der Waals surface area contributed by atoms with Crippen molar-refractivity contribution in [3.63, 3.8) is 0 Å². The van der Waals surface area contributed by atoms with E-state index in [0.717, 1.165) is 0 Å². The summed E-state index contributed by atoms with van der Waals surface area (Å²) in [4.78, 5) is 33.3. The lowest BCUT2D eigenvalue weighted by atomic mass is 10.2. The van der Waals surface area contributed by atoms with E-state index in [4.69, 9.17) is 9.47 Å². The lowest BCUT2D eigenvalue weighted by Gasteiger charge is -2.22. The van der Waals surface area contributed by atoms with E-state index < -0.39 is 36.5 Å². The van der Waals surface area contributed by atoms with Gasteiger partial charge >= 0.3 is 17.9 Å². The second kappa shape index (κ2) is 8.49. The molecule has 0 amide bonds. The van der Waals surface area contributed by atoms with E-state index in [2.05, 4.69) is 4.74 Å². The largest absolute Gasteiger partial charge is 0.466 e. The van der Waals surface area contributed by atoms with Crippen LogP contribution in [0.15, 0.2) is 0 Å². The van der Waals surface area contributed by atoms with E-state index in [0.29, 0.717) is 6.42 Å². The molecule has 0 aliphatic carbocycles. The molecule has 2 unspecified atom stereocenters. The Balaban J connectivity index is 4.23. The molecule has 0 saturated carbocycles. The number of carbonyl (C=O) groups is 3. The fourth-order valence-electron chi connectivity index (χ4n) is 1.39. The van der Waals surface area contributed by atoms with Crippen molar-refractivity contribution in [3.05, 3.63) is 0 Å². The molecule has 0 radical (unpaired) electrons. The van der Waals surface area contributed by atoms with Crippen LogP contribution in [0.4, 0.5) is 0 Å². The fraction of sp³-hybridized carbons (Fsp3) is 0.750. The van der Waals surface area contributed by atoms with E-state index >= 15 is 0 Å². The Bertz CT molecular complexity index is 299. The number of ether oxygens (including phenoxy) is 3. The third-order valence-corrected chi connectivity index (χ3v) is 2.15. The molecule has 0 N–H and O–H groups in total. The van der Waals surface area contributed by atoms with Gasteiger partial charge in [0.1, 0.15) is 18.6 Å². The minimum atomic E-state index is -0.681. The zero-order valence-electron chi connectivity index (χ0n) is 11.2. The van der Waals surface area contributed by atoms with Crippen LogP contribution in [0.25, 0.3) is 0 Å². The Morgan fingerprint density at radius 3 is 2.11 bits per heavy atom. The number of hydrogen-bond acceptors (Lipinski definition) is 6. The Kier molecular flexibility index (Phi) is 7.74. The van der Waals surface area contributed by atoms with Crippen LogP contribution in [-0.2, 0) is 28.6 Å². The smallest absolute Gasteiger partial charge is 0.317 e. The highest BCUT2D eigenvalue weighted by molar-refractivity contribution is 5.91. The molecule has 0 aliphatic rings. The minimum Gasteiger partial charge on any atom is -0.466 e. The van der Waals surface area contributed by atoms with Crippen molar-refractivity contribution in [2.75, 3.05) is 6.61 Å². The molecule has 6 heteroatoms. The van der Waals surface area contributed by atoms with Crippen molar-refractivity contribution >= 4 is 17.9 Å². The molecule has 0 heterocycles. The van der Waals surface area contributed by atoms with Crippen molar-refractivity contribution in [1.29, 1.82) is 0 Å². The second-order valence-corrected chi connectivity index (χ2v) is 3.73. The maximum atomic E-state index is 11.4. The van der Waals surface area contributed by atoms with Crippen LogP contribution in [0, 0.1) is 0 Å². The van der Waals surface area contributed by atoms with E-state index in [1.54, 1.807) is 20.8 Å². The van der Waals surface area contributed by atoms with Crippen LogP contribution in [0.1, 0.15) is 40.5 Å². The maximum absolute atomic E-state index is 11.4. The van der Waals surface area contributed by atoms with Crippen LogP contribution >= 0.6 is 0 Å². The van der Waals surface area contributed by atoms with E-state index in [-0.39, 0.29) is 6.61 Å². The zero-order valence-corrected chi connectivity index (χ0v) is 11.2. The molecule has 0 aromatic rings. The first-order valence-electron chi connectivity index (χ1n) is 5.93. The second-order valence-electron chi connectivity index (χ2n) is 3.73. The minimum absolute atomic E-state index is 0.215. The van der Waals surface area contributed by atoms with Gasteiger partial charge in [0.15, 0.2) is 0 Å². The molecule has 0 aliphatic heterocycles. The van der Waals surface area contributed by atoms with Crippen molar-refractivity contribution in [2.24, 2.45) is 0 Å². The van der Waals surface area contributed by atoms with E-state index in [1.807, 2.05) is 0 Å². The molecule has 2 atom stereocenters. The summed E-state index contributed by atoms with van der Waals surface area (Å²) in [7, 11) is 0. The lowest BCUT2D eigenvalue weighted by Crippen LogP contribution is -2.32. The topological polar surface area (TPSA) is 78.9 Å². The first-order valence-corrected chi connectivity index (χ1v) is 5.93. The van der Waals surface area contributed by atoms with Gasteiger partial charge in [-0.3, -0.25) is 14.4 Å². The molecule has 0 aromatic heterocycles. The molecule has 6 nitrogen and oxygen atoms in total. The van der Waals surface area contributed by atoms with Gasteiger partial charge in [-0.05, 0) is 20.3 Å². The highest BCUT2D eigenvalue weighted by Gasteiger charge is 2.23. The predicted molar refractivity (Wildman–Crippen MR) is 62.6 cm³/mol. The van der Waals surface area contributed by atoms with E-state index in [1.165, 1.54) is 6.92 Å². The average molecular weight is 260 g/mol. The normalized spacial score (nSPS) is 13.3. The monoisotopic (exact) mass is 260 g/mol. The summed E-state index contributed by atoms with van der Waals surface area (Å²) < 4.78 is 14.6. The Hall–Kier alpha value is -1.59. The summed E-state index contributed by atoms with van der Waals surface area (Å²) in [6, 6.07) is 0. The van der Waals surface area contributed by atoms with Crippen LogP contribution < -0.4 is 0 Å². The summed E-state index contributed by atoms with van der Waals surface area (Å²) in [5.41, 5.74) is 0. The summed E-state index contributed by atoms with van der Waals surface area (Å²) >= 11 is 0. The van der Waals surface area contributed by atoms with Gasteiger partial charge in [-0.15, -0.1) is 0 Å². The molecule has 0 spiro atoms. The summed E-state index contributed by atoms with van der Waals surface area (Å²) in [6.45, 7) is 6.58. The first-order chi connectivity index (χ1) is 8.40. The molecule has 0 fully saturated rings. The van der Waals surface area contributed by atoms with Crippen molar-refractivity contribution < 1.29 is 28.6 Å². The van der Waals surface area contributed by atoms with Gasteiger partial charge in [-0.1, -0.05) is 6.92 Å². The summed E-state index contributed by atoms with van der Waals surface area (Å²) in [6.07, 6.45) is -1.05. The van der Waals surface area contributed by atoms with Gasteiger partial charge in [0.2, 0.25) is 0 Å². The zero-order chi connectivity index (χ0) is 14.1. The highest BCUT2D eigenvalue weighted by Crippen LogP contribution is 2.10. The lowest BCUT2D eigenvalue weighted by molar-refractivity contribution is -0.168. The third-order valence-electron chi connectivity index (χ3n) is 2.15. The molecular formula is C12H20O6. The van der Waals surface area contributed by atoms with Crippen molar-refractivity contribution in [1.82, 2.24) is 0 Å². The van der Waals surface area contributed by atoms with Gasteiger partial charge in [-0.2, -0.15) is 0 Å². The SMILES string of the molecule is CCOC(=O)CC(=O)OC(CC)C(C)OC(C)=O. The maximum Gasteiger partial charge on any atom is 0.317 e. The number of rotatable bonds is 7. The third kappa shape index (κ3) is 6.88. The number of hydrogen-bond donors (Lipinski definition) is 0. The summed E-state index contributed by atoms with van der Waals surface area (Å²) in [5.74, 6) is -1.75. The molecule has 0 bridgehead atoms. The summed E-state index contributed by atoms with van der Waals surface area (Å²) in [5, 5.41) is 0. The van der Waals surface area contributed by atoms with Crippen molar-refractivity contribution in [3.8, 4) is 0 Å². The Labute approximate surface area is 107 Å². The highest BCUT2D eigenvalue weighted by atomic mass is 16.6. The first kappa shape index (κ1) is 16.4. The fourth-order valence-corrected chi connectivity index (χ4v) is 1.39. The molecule has 0 aromatic carbocycles. The van der Waals surface area contributed by atoms with Gasteiger partial charge in [0, 0.05) is 6.92 Å². The van der Waals surface area contributed by atoms with Gasteiger partial charge in [0.25, 0.3) is 0 Å². The van der Waals surface area contributed by atoms with Gasteiger partial charge in [0.05, 0.1) is 6.61 Å². The molecule has 0 rings (SSSR count).